The van der Waals surface area contributed by atoms with Crippen molar-refractivity contribution in [1.29, 1.82) is 0 Å². The highest BCUT2D eigenvalue weighted by atomic mass is 32.2. The van der Waals surface area contributed by atoms with Gasteiger partial charge in [0, 0.05) is 35.2 Å². The van der Waals surface area contributed by atoms with E-state index in [2.05, 4.69) is 22.7 Å². The Labute approximate surface area is 150 Å². The van der Waals surface area contributed by atoms with E-state index >= 15 is 0 Å². The van der Waals surface area contributed by atoms with Gasteiger partial charge in [0.1, 0.15) is 11.3 Å². The zero-order valence-corrected chi connectivity index (χ0v) is 14.8. The Morgan fingerprint density at radius 1 is 1.32 bits per heavy atom. The summed E-state index contributed by atoms with van der Waals surface area (Å²) in [6.45, 7) is 0.887. The summed E-state index contributed by atoms with van der Waals surface area (Å²) in [5.41, 5.74) is -0.450. The fraction of sp³-hybridized carbons (Fsp3) is 0.312. The van der Waals surface area contributed by atoms with E-state index in [1.165, 1.54) is 12.1 Å². The molecule has 1 aliphatic rings. The van der Waals surface area contributed by atoms with Gasteiger partial charge in [-0.15, -0.1) is 0 Å². The Balaban J connectivity index is 2.01. The summed E-state index contributed by atoms with van der Waals surface area (Å²) in [4.78, 5) is 11.2. The lowest BCUT2D eigenvalue weighted by molar-refractivity contribution is 0.0694. The lowest BCUT2D eigenvalue weighted by Crippen LogP contribution is -2.37. The SMILES string of the molecule is O=C(O)c1cc(S(=O)(=O)NC[C@@H]2C[C@H](S)CN2)c2ccccc2c1O. The minimum absolute atomic E-state index is 0.0281. The fourth-order valence-electron chi connectivity index (χ4n) is 2.95. The van der Waals surface area contributed by atoms with Crippen molar-refractivity contribution < 1.29 is 23.4 Å². The van der Waals surface area contributed by atoms with Crippen LogP contribution in [0.3, 0.4) is 0 Å². The molecule has 2 aromatic carbocycles. The molecule has 1 aliphatic heterocycles. The van der Waals surface area contributed by atoms with Crippen LogP contribution >= 0.6 is 12.6 Å². The van der Waals surface area contributed by atoms with E-state index in [4.69, 9.17) is 0 Å². The van der Waals surface area contributed by atoms with E-state index in [-0.39, 0.29) is 33.5 Å². The summed E-state index contributed by atoms with van der Waals surface area (Å²) in [7, 11) is -3.95. The molecule has 3 rings (SSSR count). The molecule has 0 amide bonds. The van der Waals surface area contributed by atoms with Gasteiger partial charge in [-0.1, -0.05) is 24.3 Å². The van der Waals surface area contributed by atoms with Crippen LogP contribution in [-0.4, -0.2) is 49.0 Å². The number of benzene rings is 2. The van der Waals surface area contributed by atoms with Crippen molar-refractivity contribution >= 4 is 39.4 Å². The van der Waals surface area contributed by atoms with E-state index in [1.807, 2.05) is 0 Å². The predicted molar refractivity (Wildman–Crippen MR) is 96.9 cm³/mol. The normalized spacial score (nSPS) is 20.8. The molecule has 1 fully saturated rings. The molecule has 0 spiro atoms. The maximum atomic E-state index is 12.7. The van der Waals surface area contributed by atoms with Crippen LogP contribution in [0.25, 0.3) is 10.8 Å². The number of fused-ring (bicyclic) bond motifs is 1. The molecule has 25 heavy (non-hydrogen) atoms. The van der Waals surface area contributed by atoms with Crippen molar-refractivity contribution in [3.8, 4) is 5.75 Å². The second-order valence-corrected chi connectivity index (χ2v) is 8.43. The van der Waals surface area contributed by atoms with Crippen LogP contribution in [0.15, 0.2) is 35.2 Å². The zero-order chi connectivity index (χ0) is 18.2. The number of phenols is 1. The van der Waals surface area contributed by atoms with E-state index in [0.29, 0.717) is 6.54 Å². The molecule has 0 aromatic heterocycles. The van der Waals surface area contributed by atoms with Crippen molar-refractivity contribution in [3.05, 3.63) is 35.9 Å². The van der Waals surface area contributed by atoms with Crippen molar-refractivity contribution in [2.45, 2.75) is 22.6 Å². The lowest BCUT2D eigenvalue weighted by atomic mass is 10.1. The molecule has 2 aromatic rings. The summed E-state index contributed by atoms with van der Waals surface area (Å²) in [6.07, 6.45) is 0.738. The number of aromatic carboxylic acids is 1. The molecule has 0 aliphatic carbocycles. The van der Waals surface area contributed by atoms with E-state index in [1.54, 1.807) is 12.1 Å². The van der Waals surface area contributed by atoms with Crippen LogP contribution < -0.4 is 10.0 Å². The van der Waals surface area contributed by atoms with Gasteiger partial charge in [0.15, 0.2) is 0 Å². The third-order valence-corrected chi connectivity index (χ3v) is 6.07. The number of rotatable bonds is 5. The van der Waals surface area contributed by atoms with Crippen molar-refractivity contribution in [3.63, 3.8) is 0 Å². The first-order valence-electron chi connectivity index (χ1n) is 7.68. The summed E-state index contributed by atoms with van der Waals surface area (Å²) in [6, 6.07) is 7.22. The second-order valence-electron chi connectivity index (χ2n) is 5.97. The average molecular weight is 382 g/mol. The number of aromatic hydroxyl groups is 1. The van der Waals surface area contributed by atoms with Crippen LogP contribution in [0.2, 0.25) is 0 Å². The first kappa shape index (κ1) is 18.0. The summed E-state index contributed by atoms with van der Waals surface area (Å²) in [5, 5.41) is 23.2. The van der Waals surface area contributed by atoms with Crippen LogP contribution in [0.5, 0.6) is 5.75 Å². The standard InChI is InChI=1S/C16H18N2O5S2/c19-15-12-4-2-1-3-11(12)14(6-13(15)16(20)21)25(22,23)18-7-9-5-10(24)8-17-9/h1-4,6,9-10,17-19,24H,5,7-8H2,(H,20,21)/t9-,10-/m0/s1. The molecular weight excluding hydrogens is 364 g/mol. The lowest BCUT2D eigenvalue weighted by Gasteiger charge is -2.15. The number of carbonyl (C=O) groups is 1. The monoisotopic (exact) mass is 382 g/mol. The largest absolute Gasteiger partial charge is 0.506 e. The predicted octanol–water partition coefficient (Wildman–Crippen LogP) is 1.18. The second kappa shape index (κ2) is 6.83. The molecule has 0 saturated carbocycles. The van der Waals surface area contributed by atoms with E-state index < -0.39 is 27.3 Å². The van der Waals surface area contributed by atoms with Gasteiger partial charge < -0.3 is 15.5 Å². The van der Waals surface area contributed by atoms with E-state index in [0.717, 1.165) is 12.5 Å². The molecule has 0 radical (unpaired) electrons. The third-order valence-electron chi connectivity index (χ3n) is 4.22. The molecule has 2 atom stereocenters. The smallest absolute Gasteiger partial charge is 0.339 e. The van der Waals surface area contributed by atoms with Gasteiger partial charge in [0.2, 0.25) is 10.0 Å². The topological polar surface area (TPSA) is 116 Å². The summed E-state index contributed by atoms with van der Waals surface area (Å²) < 4.78 is 28.0. The number of nitrogens with one attached hydrogen (secondary N) is 2. The molecule has 9 heteroatoms. The Morgan fingerprint density at radius 2 is 2.00 bits per heavy atom. The van der Waals surface area contributed by atoms with Gasteiger partial charge in [-0.25, -0.2) is 17.9 Å². The minimum atomic E-state index is -3.95. The molecule has 1 heterocycles. The third kappa shape index (κ3) is 3.59. The summed E-state index contributed by atoms with van der Waals surface area (Å²) >= 11 is 4.35. The van der Waals surface area contributed by atoms with Crippen LogP contribution in [-0.2, 0) is 10.0 Å². The van der Waals surface area contributed by atoms with Gasteiger partial charge in [-0.3, -0.25) is 0 Å². The van der Waals surface area contributed by atoms with Crippen LogP contribution in [0.1, 0.15) is 16.8 Å². The maximum absolute atomic E-state index is 12.7. The molecule has 7 nitrogen and oxygen atoms in total. The number of thiol groups is 1. The van der Waals surface area contributed by atoms with Gasteiger partial charge >= 0.3 is 5.97 Å². The number of carboxylic acid groups (broad SMARTS) is 1. The molecule has 1 saturated heterocycles. The van der Waals surface area contributed by atoms with Gasteiger partial charge in [0.05, 0.1) is 4.90 Å². The van der Waals surface area contributed by atoms with Crippen molar-refractivity contribution in [1.82, 2.24) is 10.0 Å². The number of hydrogen-bond acceptors (Lipinski definition) is 6. The van der Waals surface area contributed by atoms with Gasteiger partial charge in [0.25, 0.3) is 0 Å². The molecular formula is C16H18N2O5S2. The van der Waals surface area contributed by atoms with Crippen molar-refractivity contribution in [2.24, 2.45) is 0 Å². The van der Waals surface area contributed by atoms with Crippen LogP contribution in [0.4, 0.5) is 0 Å². The molecule has 134 valence electrons. The first-order valence-corrected chi connectivity index (χ1v) is 9.68. The van der Waals surface area contributed by atoms with Crippen molar-refractivity contribution in [2.75, 3.05) is 13.1 Å². The number of carboxylic acids is 1. The number of sulfonamides is 1. The minimum Gasteiger partial charge on any atom is -0.506 e. The average Bonchev–Trinajstić information content (AvgIpc) is 2.98. The molecule has 0 bridgehead atoms. The van der Waals surface area contributed by atoms with Gasteiger partial charge in [-0.05, 0) is 12.5 Å². The quantitative estimate of drug-likeness (QED) is 0.496. The highest BCUT2D eigenvalue weighted by Gasteiger charge is 2.26. The molecule has 4 N–H and O–H groups in total. The molecule has 0 unspecified atom stereocenters. The fourth-order valence-corrected chi connectivity index (χ4v) is 4.63. The Morgan fingerprint density at radius 3 is 2.60 bits per heavy atom. The highest BCUT2D eigenvalue weighted by molar-refractivity contribution is 7.89. The Hall–Kier alpha value is -1.81. The van der Waals surface area contributed by atoms with E-state index in [9.17, 15) is 23.4 Å². The Kier molecular flexibility index (Phi) is 4.92. The number of hydrogen-bond donors (Lipinski definition) is 5. The first-order chi connectivity index (χ1) is 11.8. The van der Waals surface area contributed by atoms with Crippen LogP contribution in [0, 0.1) is 0 Å². The Bertz CT molecular complexity index is 930. The summed E-state index contributed by atoms with van der Waals surface area (Å²) in [5.74, 6) is -1.84. The van der Waals surface area contributed by atoms with Gasteiger partial charge in [-0.2, -0.15) is 12.6 Å². The highest BCUT2D eigenvalue weighted by Crippen LogP contribution is 2.34. The zero-order valence-electron chi connectivity index (χ0n) is 13.1. The maximum Gasteiger partial charge on any atom is 0.339 e.